The first kappa shape index (κ1) is 11.8. The largest absolute Gasteiger partial charge is 0.480 e. The summed E-state index contributed by atoms with van der Waals surface area (Å²) in [6, 6.07) is 0. The second-order valence-corrected chi connectivity index (χ2v) is 3.93. The molecule has 0 saturated carbocycles. The molecule has 1 aliphatic heterocycles. The van der Waals surface area contributed by atoms with Crippen LogP contribution >= 0.6 is 11.6 Å². The highest BCUT2D eigenvalue weighted by molar-refractivity contribution is 6.29. The third-order valence-corrected chi connectivity index (χ3v) is 2.54. The van der Waals surface area contributed by atoms with Gasteiger partial charge in [-0.25, -0.2) is 0 Å². The minimum absolute atomic E-state index is 0.0776. The molecule has 82 valence electrons. The highest BCUT2D eigenvalue weighted by Gasteiger charge is 2.17. The molecule has 1 rings (SSSR count). The van der Waals surface area contributed by atoms with Crippen LogP contribution in [0.5, 0.6) is 0 Å². The molecular formula is C9H15ClO4. The van der Waals surface area contributed by atoms with Crippen LogP contribution in [0.1, 0.15) is 12.8 Å². The Morgan fingerprint density at radius 2 is 2.21 bits per heavy atom. The summed E-state index contributed by atoms with van der Waals surface area (Å²) in [4.78, 5) is 10.3. The number of hydrogen-bond donors (Lipinski definition) is 1. The number of ether oxygens (including phenoxy) is 2. The van der Waals surface area contributed by atoms with Gasteiger partial charge in [0.25, 0.3) is 0 Å². The number of rotatable bonds is 5. The molecule has 0 aliphatic carbocycles. The van der Waals surface area contributed by atoms with E-state index in [1.54, 1.807) is 0 Å². The predicted molar refractivity (Wildman–Crippen MR) is 51.6 cm³/mol. The Labute approximate surface area is 88.1 Å². The number of hydrogen-bond acceptors (Lipinski definition) is 3. The Hall–Kier alpha value is -0.320. The zero-order chi connectivity index (χ0) is 10.4. The van der Waals surface area contributed by atoms with E-state index < -0.39 is 11.3 Å². The van der Waals surface area contributed by atoms with Gasteiger partial charge >= 0.3 is 5.97 Å². The molecule has 0 aromatic rings. The number of carbonyl (C=O) groups is 1. The molecule has 0 bridgehead atoms. The van der Waals surface area contributed by atoms with Crippen molar-refractivity contribution in [1.82, 2.24) is 0 Å². The van der Waals surface area contributed by atoms with E-state index >= 15 is 0 Å². The first-order valence-corrected chi connectivity index (χ1v) is 5.16. The van der Waals surface area contributed by atoms with Crippen LogP contribution in [-0.4, -0.2) is 42.9 Å². The lowest BCUT2D eigenvalue weighted by Crippen LogP contribution is -2.24. The van der Waals surface area contributed by atoms with Gasteiger partial charge in [0.1, 0.15) is 0 Å². The average Bonchev–Trinajstić information content (AvgIpc) is 2.19. The molecule has 5 heteroatoms. The second-order valence-electron chi connectivity index (χ2n) is 3.40. The molecule has 0 aromatic heterocycles. The molecule has 1 atom stereocenters. The van der Waals surface area contributed by atoms with E-state index in [1.165, 1.54) is 0 Å². The van der Waals surface area contributed by atoms with Gasteiger partial charge in [-0.3, -0.25) is 4.79 Å². The smallest absolute Gasteiger partial charge is 0.324 e. The lowest BCUT2D eigenvalue weighted by molar-refractivity contribution is -0.137. The summed E-state index contributed by atoms with van der Waals surface area (Å²) in [7, 11) is 0. The molecule has 1 unspecified atom stereocenters. The van der Waals surface area contributed by atoms with Crippen molar-refractivity contribution in [2.45, 2.75) is 18.2 Å². The lowest BCUT2D eigenvalue weighted by Gasteiger charge is -2.21. The van der Waals surface area contributed by atoms with E-state index in [0.29, 0.717) is 12.5 Å². The first-order chi connectivity index (χ1) is 6.70. The Bertz CT molecular complexity index is 180. The Morgan fingerprint density at radius 1 is 1.57 bits per heavy atom. The molecule has 1 N–H and O–H groups in total. The van der Waals surface area contributed by atoms with E-state index in [2.05, 4.69) is 0 Å². The quantitative estimate of drug-likeness (QED) is 0.709. The van der Waals surface area contributed by atoms with Crippen LogP contribution in [-0.2, 0) is 14.3 Å². The molecule has 1 heterocycles. The Balaban J connectivity index is 2.05. The number of halogens is 1. The molecule has 0 amide bonds. The van der Waals surface area contributed by atoms with Crippen LogP contribution in [0.25, 0.3) is 0 Å². The standard InChI is InChI=1S/C9H15ClO4/c10-8(9(11)12)6-14-5-7-1-3-13-4-2-7/h7-8H,1-6H2,(H,11,12). The van der Waals surface area contributed by atoms with Crippen molar-refractivity contribution in [3.63, 3.8) is 0 Å². The van der Waals surface area contributed by atoms with Gasteiger partial charge in [-0.1, -0.05) is 0 Å². The maximum atomic E-state index is 10.3. The molecular weight excluding hydrogens is 208 g/mol. The maximum Gasteiger partial charge on any atom is 0.324 e. The van der Waals surface area contributed by atoms with Gasteiger partial charge in [0.15, 0.2) is 5.38 Å². The zero-order valence-corrected chi connectivity index (χ0v) is 8.70. The van der Waals surface area contributed by atoms with Gasteiger partial charge in [0.05, 0.1) is 6.61 Å². The van der Waals surface area contributed by atoms with Crippen molar-refractivity contribution < 1.29 is 19.4 Å². The lowest BCUT2D eigenvalue weighted by atomic mass is 10.0. The maximum absolute atomic E-state index is 10.3. The molecule has 0 aromatic carbocycles. The summed E-state index contributed by atoms with van der Waals surface area (Å²) in [6.45, 7) is 2.21. The van der Waals surface area contributed by atoms with Crippen LogP contribution in [0.4, 0.5) is 0 Å². The predicted octanol–water partition coefficient (Wildman–Crippen LogP) is 1.12. The van der Waals surface area contributed by atoms with Gasteiger partial charge in [-0.05, 0) is 18.8 Å². The Kier molecular flexibility index (Phi) is 5.22. The van der Waals surface area contributed by atoms with E-state index in [0.717, 1.165) is 26.1 Å². The van der Waals surface area contributed by atoms with Crippen molar-refractivity contribution in [3.05, 3.63) is 0 Å². The first-order valence-electron chi connectivity index (χ1n) is 4.72. The second kappa shape index (κ2) is 6.22. The van der Waals surface area contributed by atoms with Crippen LogP contribution in [0.15, 0.2) is 0 Å². The highest BCUT2D eigenvalue weighted by atomic mass is 35.5. The van der Waals surface area contributed by atoms with Crippen LogP contribution < -0.4 is 0 Å². The van der Waals surface area contributed by atoms with Gasteiger partial charge in [-0.15, -0.1) is 11.6 Å². The van der Waals surface area contributed by atoms with Crippen LogP contribution in [0.3, 0.4) is 0 Å². The van der Waals surface area contributed by atoms with E-state index in [-0.39, 0.29) is 6.61 Å². The summed E-state index contributed by atoms with van der Waals surface area (Å²) >= 11 is 5.48. The topological polar surface area (TPSA) is 55.8 Å². The Morgan fingerprint density at radius 3 is 2.79 bits per heavy atom. The van der Waals surface area contributed by atoms with Gasteiger partial charge in [-0.2, -0.15) is 0 Å². The fourth-order valence-corrected chi connectivity index (χ4v) is 1.41. The van der Waals surface area contributed by atoms with Crippen molar-refractivity contribution >= 4 is 17.6 Å². The normalized spacial score (nSPS) is 20.6. The van der Waals surface area contributed by atoms with Crippen molar-refractivity contribution in [2.24, 2.45) is 5.92 Å². The average molecular weight is 223 g/mol. The molecule has 0 spiro atoms. The van der Waals surface area contributed by atoms with E-state index in [1.807, 2.05) is 0 Å². The SMILES string of the molecule is O=C(O)C(Cl)COCC1CCOCC1. The van der Waals surface area contributed by atoms with Crippen LogP contribution in [0, 0.1) is 5.92 Å². The fourth-order valence-electron chi connectivity index (χ4n) is 1.32. The van der Waals surface area contributed by atoms with Crippen molar-refractivity contribution in [2.75, 3.05) is 26.4 Å². The summed E-state index contributed by atoms with van der Waals surface area (Å²) in [6.07, 6.45) is 1.97. The van der Waals surface area contributed by atoms with E-state index in [4.69, 9.17) is 26.2 Å². The number of aliphatic carboxylic acids is 1. The molecule has 1 saturated heterocycles. The van der Waals surface area contributed by atoms with Gasteiger partial charge in [0, 0.05) is 19.8 Å². The van der Waals surface area contributed by atoms with Crippen molar-refractivity contribution in [1.29, 1.82) is 0 Å². The minimum atomic E-state index is -1.03. The number of carboxylic acids is 1. The number of carboxylic acid groups (broad SMARTS) is 1. The van der Waals surface area contributed by atoms with E-state index in [9.17, 15) is 4.79 Å². The fraction of sp³-hybridized carbons (Fsp3) is 0.889. The van der Waals surface area contributed by atoms with Gasteiger partial charge < -0.3 is 14.6 Å². The summed E-state index contributed by atoms with van der Waals surface area (Å²) in [5.74, 6) is -0.542. The van der Waals surface area contributed by atoms with Crippen LogP contribution in [0.2, 0.25) is 0 Å². The molecule has 4 nitrogen and oxygen atoms in total. The number of alkyl halides is 1. The summed E-state index contributed by atoms with van der Waals surface area (Å²) < 4.78 is 10.4. The minimum Gasteiger partial charge on any atom is -0.480 e. The molecule has 1 fully saturated rings. The molecule has 0 radical (unpaired) electrons. The third-order valence-electron chi connectivity index (χ3n) is 2.23. The summed E-state index contributed by atoms with van der Waals surface area (Å²) in [5, 5.41) is 7.55. The zero-order valence-electron chi connectivity index (χ0n) is 7.95. The summed E-state index contributed by atoms with van der Waals surface area (Å²) in [5.41, 5.74) is 0. The molecule has 14 heavy (non-hydrogen) atoms. The van der Waals surface area contributed by atoms with Gasteiger partial charge in [0.2, 0.25) is 0 Å². The highest BCUT2D eigenvalue weighted by Crippen LogP contribution is 2.14. The monoisotopic (exact) mass is 222 g/mol. The van der Waals surface area contributed by atoms with Crippen molar-refractivity contribution in [3.8, 4) is 0 Å². The third kappa shape index (κ3) is 4.26. The molecule has 1 aliphatic rings.